The zero-order chi connectivity index (χ0) is 15.5. The smallest absolute Gasteiger partial charge is 0.212 e. The number of nitrogens with zero attached hydrogens (tertiary/aromatic N) is 1. The van der Waals surface area contributed by atoms with Crippen LogP contribution in [0.2, 0.25) is 0 Å². The molecule has 0 unspecified atom stereocenters. The van der Waals surface area contributed by atoms with Gasteiger partial charge in [0.25, 0.3) is 0 Å². The fraction of sp³-hybridized carbons (Fsp3) is 0.267. The van der Waals surface area contributed by atoms with E-state index in [1.54, 1.807) is 35.6 Å². The quantitative estimate of drug-likeness (QED) is 0.921. The van der Waals surface area contributed by atoms with Crippen LogP contribution in [-0.4, -0.2) is 8.42 Å². The lowest BCUT2D eigenvalue weighted by Gasteiger charge is -2.07. The molecule has 1 heterocycles. The second kappa shape index (κ2) is 6.39. The molecule has 2 aromatic rings. The Kier molecular flexibility index (Phi) is 4.78. The summed E-state index contributed by atoms with van der Waals surface area (Å²) in [5, 5.41) is 8.99. The molecule has 1 N–H and O–H groups in total. The minimum atomic E-state index is -3.46. The first kappa shape index (κ1) is 15.7. The van der Waals surface area contributed by atoms with Crippen LogP contribution in [0.3, 0.4) is 0 Å². The lowest BCUT2D eigenvalue weighted by atomic mass is 10.1. The van der Waals surface area contributed by atoms with Crippen LogP contribution in [0.15, 0.2) is 30.3 Å². The summed E-state index contributed by atoms with van der Waals surface area (Å²) in [6.45, 7) is 4.31. The zero-order valence-electron chi connectivity index (χ0n) is 11.9. The first-order valence-electron chi connectivity index (χ1n) is 6.42. The summed E-state index contributed by atoms with van der Waals surface area (Å²) in [4.78, 5) is 2.18. The maximum Gasteiger partial charge on any atom is 0.216 e. The molecule has 4 nitrogen and oxygen atoms in total. The lowest BCUT2D eigenvalue weighted by Crippen LogP contribution is -2.24. The van der Waals surface area contributed by atoms with E-state index in [2.05, 4.69) is 4.72 Å². The second-order valence-corrected chi connectivity index (χ2v) is 7.95. The van der Waals surface area contributed by atoms with Crippen molar-refractivity contribution in [1.29, 1.82) is 5.26 Å². The molecule has 1 aromatic heterocycles. The molecule has 0 radical (unpaired) electrons. The van der Waals surface area contributed by atoms with Crippen LogP contribution in [-0.2, 0) is 22.3 Å². The van der Waals surface area contributed by atoms with Gasteiger partial charge < -0.3 is 0 Å². The van der Waals surface area contributed by atoms with E-state index in [-0.39, 0.29) is 12.3 Å². The third-order valence-electron chi connectivity index (χ3n) is 3.17. The van der Waals surface area contributed by atoms with E-state index >= 15 is 0 Å². The van der Waals surface area contributed by atoms with E-state index in [0.717, 1.165) is 4.88 Å². The highest BCUT2D eigenvalue weighted by Crippen LogP contribution is 2.20. The fourth-order valence-electron chi connectivity index (χ4n) is 1.93. The lowest BCUT2D eigenvalue weighted by molar-refractivity contribution is 0.581. The maximum atomic E-state index is 12.1. The van der Waals surface area contributed by atoms with Gasteiger partial charge in [0.15, 0.2) is 0 Å². The van der Waals surface area contributed by atoms with Gasteiger partial charge in [0.2, 0.25) is 10.0 Å². The number of aryl methyl sites for hydroxylation is 2. The molecule has 0 bridgehead atoms. The molecule has 2 rings (SSSR count). The topological polar surface area (TPSA) is 70.0 Å². The molecule has 0 spiro atoms. The van der Waals surface area contributed by atoms with Crippen LogP contribution >= 0.6 is 11.3 Å². The van der Waals surface area contributed by atoms with Gasteiger partial charge in [0.1, 0.15) is 0 Å². The summed E-state index contributed by atoms with van der Waals surface area (Å²) in [6, 6.07) is 10.7. The number of thiophene rings is 1. The van der Waals surface area contributed by atoms with Crippen molar-refractivity contribution in [1.82, 2.24) is 4.72 Å². The first-order chi connectivity index (χ1) is 9.91. The van der Waals surface area contributed by atoms with Crippen LogP contribution in [0, 0.1) is 25.2 Å². The Balaban J connectivity index is 2.07. The highest BCUT2D eigenvalue weighted by molar-refractivity contribution is 7.88. The van der Waals surface area contributed by atoms with E-state index in [4.69, 9.17) is 5.26 Å². The van der Waals surface area contributed by atoms with Crippen molar-refractivity contribution in [2.45, 2.75) is 26.1 Å². The number of rotatable bonds is 5. The molecule has 0 atom stereocenters. The fourth-order valence-corrected chi connectivity index (χ4v) is 4.15. The molecule has 0 saturated carbocycles. The maximum absolute atomic E-state index is 12.1. The number of nitriles is 1. The number of hydrogen-bond acceptors (Lipinski definition) is 4. The average molecular weight is 320 g/mol. The summed E-state index contributed by atoms with van der Waals surface area (Å²) in [6.07, 6.45) is 0. The molecule has 21 heavy (non-hydrogen) atoms. The Morgan fingerprint density at radius 2 is 2.00 bits per heavy atom. The summed E-state index contributed by atoms with van der Waals surface area (Å²) >= 11 is 1.59. The molecule has 0 aliphatic rings. The molecule has 6 heteroatoms. The number of nitrogens with one attached hydrogen (secondary N) is 1. The Labute approximate surface area is 129 Å². The Morgan fingerprint density at radius 3 is 2.62 bits per heavy atom. The predicted octanol–water partition coefficient (Wildman–Crippen LogP) is 2.86. The monoisotopic (exact) mass is 320 g/mol. The molecule has 1 aromatic carbocycles. The Morgan fingerprint density at radius 1 is 1.29 bits per heavy atom. The van der Waals surface area contributed by atoms with Gasteiger partial charge in [0.05, 0.1) is 17.4 Å². The van der Waals surface area contributed by atoms with Crippen molar-refractivity contribution in [2.75, 3.05) is 0 Å². The van der Waals surface area contributed by atoms with Gasteiger partial charge >= 0.3 is 0 Å². The summed E-state index contributed by atoms with van der Waals surface area (Å²) in [5.41, 5.74) is 2.08. The average Bonchev–Trinajstić information content (AvgIpc) is 2.76. The van der Waals surface area contributed by atoms with Crippen LogP contribution in [0.4, 0.5) is 0 Å². The normalized spacial score (nSPS) is 11.3. The van der Waals surface area contributed by atoms with Gasteiger partial charge in [0, 0.05) is 16.3 Å². The number of sulfonamides is 1. The molecule has 0 aliphatic heterocycles. The van der Waals surface area contributed by atoms with Gasteiger partial charge in [-0.15, -0.1) is 11.3 Å². The highest BCUT2D eigenvalue weighted by Gasteiger charge is 2.14. The largest absolute Gasteiger partial charge is 0.216 e. The molecule has 0 saturated heterocycles. The molecular formula is C15H16N2O2S2. The molecule has 0 amide bonds. The van der Waals surface area contributed by atoms with E-state index in [1.165, 1.54) is 10.4 Å². The van der Waals surface area contributed by atoms with Crippen LogP contribution in [0.25, 0.3) is 0 Å². The van der Waals surface area contributed by atoms with Crippen molar-refractivity contribution >= 4 is 21.4 Å². The Hall–Kier alpha value is -1.68. The third-order valence-corrected chi connectivity index (χ3v) is 5.59. The van der Waals surface area contributed by atoms with E-state index in [1.807, 2.05) is 26.0 Å². The van der Waals surface area contributed by atoms with E-state index < -0.39 is 10.0 Å². The first-order valence-corrected chi connectivity index (χ1v) is 8.89. The van der Waals surface area contributed by atoms with Gasteiger partial charge in [-0.3, -0.25) is 0 Å². The second-order valence-electron chi connectivity index (χ2n) is 4.80. The zero-order valence-corrected chi connectivity index (χ0v) is 13.5. The van der Waals surface area contributed by atoms with Crippen molar-refractivity contribution in [3.8, 4) is 6.07 Å². The molecule has 0 fully saturated rings. The van der Waals surface area contributed by atoms with Crippen molar-refractivity contribution < 1.29 is 8.42 Å². The number of benzene rings is 1. The van der Waals surface area contributed by atoms with Gasteiger partial charge in [-0.25, -0.2) is 13.1 Å². The third kappa shape index (κ3) is 4.14. The highest BCUT2D eigenvalue weighted by atomic mass is 32.2. The molecule has 110 valence electrons. The SMILES string of the molecule is Cc1cc(CNS(=O)(=O)Cc2ccccc2C#N)sc1C. The van der Waals surface area contributed by atoms with Gasteiger partial charge in [-0.1, -0.05) is 18.2 Å². The predicted molar refractivity (Wildman–Crippen MR) is 84.4 cm³/mol. The van der Waals surface area contributed by atoms with Crippen molar-refractivity contribution in [3.63, 3.8) is 0 Å². The Bertz CT molecular complexity index is 767. The van der Waals surface area contributed by atoms with Crippen molar-refractivity contribution in [3.05, 3.63) is 56.8 Å². The van der Waals surface area contributed by atoms with Crippen molar-refractivity contribution in [2.24, 2.45) is 0 Å². The minimum Gasteiger partial charge on any atom is -0.212 e. The van der Waals surface area contributed by atoms with Crippen LogP contribution in [0.1, 0.15) is 26.4 Å². The van der Waals surface area contributed by atoms with Gasteiger partial charge in [-0.05, 0) is 37.1 Å². The standard InChI is InChI=1S/C15H16N2O2S2/c1-11-7-15(20-12(11)2)9-17-21(18,19)10-14-6-4-3-5-13(14)8-16/h3-7,17H,9-10H2,1-2H3. The summed E-state index contributed by atoms with van der Waals surface area (Å²) in [5.74, 6) is -0.180. The van der Waals surface area contributed by atoms with Crippen LogP contribution < -0.4 is 4.72 Å². The molecular weight excluding hydrogens is 304 g/mol. The van der Waals surface area contributed by atoms with Gasteiger partial charge in [-0.2, -0.15) is 5.26 Å². The summed E-state index contributed by atoms with van der Waals surface area (Å²) < 4.78 is 26.8. The molecule has 0 aliphatic carbocycles. The van der Waals surface area contributed by atoms with E-state index in [9.17, 15) is 8.42 Å². The summed E-state index contributed by atoms with van der Waals surface area (Å²) in [7, 11) is -3.46. The van der Waals surface area contributed by atoms with Crippen LogP contribution in [0.5, 0.6) is 0 Å². The van der Waals surface area contributed by atoms with E-state index in [0.29, 0.717) is 11.1 Å². The minimum absolute atomic E-state index is 0.180. The number of hydrogen-bond donors (Lipinski definition) is 1.